The molecule has 1 aliphatic heterocycles. The fourth-order valence-electron chi connectivity index (χ4n) is 1.50. The summed E-state index contributed by atoms with van der Waals surface area (Å²) in [5, 5.41) is 8.24. The van der Waals surface area contributed by atoms with Gasteiger partial charge in [0, 0.05) is 19.4 Å². The van der Waals surface area contributed by atoms with E-state index in [1.807, 2.05) is 0 Å². The van der Waals surface area contributed by atoms with Crippen molar-refractivity contribution in [1.29, 1.82) is 0 Å². The van der Waals surface area contributed by atoms with Gasteiger partial charge in [0.25, 0.3) is 0 Å². The maximum atomic E-state index is 5.35. The van der Waals surface area contributed by atoms with E-state index in [0.717, 1.165) is 44.2 Å². The zero-order chi connectivity index (χ0) is 8.39. The summed E-state index contributed by atoms with van der Waals surface area (Å²) in [4.78, 5) is 0. The molecule has 0 atom stereocenters. The highest BCUT2D eigenvalue weighted by Gasteiger charge is 2.12. The van der Waals surface area contributed by atoms with Crippen LogP contribution in [-0.4, -0.2) is 28.0 Å². The van der Waals surface area contributed by atoms with Gasteiger partial charge in [-0.3, -0.25) is 0 Å². The molecule has 0 saturated carbocycles. The van der Waals surface area contributed by atoms with Crippen molar-refractivity contribution < 1.29 is 4.74 Å². The van der Waals surface area contributed by atoms with Crippen LogP contribution in [0.4, 0.5) is 0 Å². The third-order valence-corrected chi connectivity index (χ3v) is 2.15. The SMILES string of the molecule is CCc1nnc2n1CCOCC2. The molecular formula is C8H13N3O. The lowest BCUT2D eigenvalue weighted by atomic mass is 10.4. The van der Waals surface area contributed by atoms with E-state index in [9.17, 15) is 0 Å². The summed E-state index contributed by atoms with van der Waals surface area (Å²) >= 11 is 0. The van der Waals surface area contributed by atoms with Gasteiger partial charge in [-0.25, -0.2) is 0 Å². The maximum Gasteiger partial charge on any atom is 0.135 e. The van der Waals surface area contributed by atoms with Crippen LogP contribution in [0.25, 0.3) is 0 Å². The quantitative estimate of drug-likeness (QED) is 0.608. The molecule has 2 heterocycles. The Balaban J connectivity index is 2.32. The minimum Gasteiger partial charge on any atom is -0.379 e. The average Bonchev–Trinajstić information content (AvgIpc) is 2.33. The summed E-state index contributed by atoms with van der Waals surface area (Å²) < 4.78 is 7.52. The van der Waals surface area contributed by atoms with Gasteiger partial charge in [-0.15, -0.1) is 10.2 Å². The molecule has 0 N–H and O–H groups in total. The zero-order valence-electron chi connectivity index (χ0n) is 7.29. The number of aromatic nitrogens is 3. The lowest BCUT2D eigenvalue weighted by molar-refractivity contribution is 0.139. The number of rotatable bonds is 1. The Morgan fingerprint density at radius 3 is 3.17 bits per heavy atom. The molecule has 66 valence electrons. The lowest BCUT2D eigenvalue weighted by Gasteiger charge is -2.03. The van der Waals surface area contributed by atoms with Crippen molar-refractivity contribution in [3.63, 3.8) is 0 Å². The molecule has 0 radical (unpaired) electrons. The second kappa shape index (κ2) is 3.23. The van der Waals surface area contributed by atoms with E-state index in [2.05, 4.69) is 21.7 Å². The van der Waals surface area contributed by atoms with Crippen LogP contribution in [0, 0.1) is 0 Å². The van der Waals surface area contributed by atoms with Gasteiger partial charge in [0.2, 0.25) is 0 Å². The molecule has 0 bridgehead atoms. The van der Waals surface area contributed by atoms with Gasteiger partial charge in [-0.1, -0.05) is 6.92 Å². The van der Waals surface area contributed by atoms with Crippen molar-refractivity contribution in [3.05, 3.63) is 11.6 Å². The average molecular weight is 167 g/mol. The molecule has 4 heteroatoms. The summed E-state index contributed by atoms with van der Waals surface area (Å²) in [5.74, 6) is 2.15. The van der Waals surface area contributed by atoms with Gasteiger partial charge in [0.1, 0.15) is 11.6 Å². The van der Waals surface area contributed by atoms with Crippen LogP contribution < -0.4 is 0 Å². The van der Waals surface area contributed by atoms with E-state index >= 15 is 0 Å². The van der Waals surface area contributed by atoms with Gasteiger partial charge >= 0.3 is 0 Å². The minimum atomic E-state index is 0.780. The van der Waals surface area contributed by atoms with E-state index in [1.54, 1.807) is 0 Å². The first-order chi connectivity index (χ1) is 5.92. The first kappa shape index (κ1) is 7.73. The summed E-state index contributed by atoms with van der Waals surface area (Å²) in [6.07, 6.45) is 1.85. The highest BCUT2D eigenvalue weighted by Crippen LogP contribution is 2.07. The molecule has 0 fully saturated rings. The van der Waals surface area contributed by atoms with Crippen molar-refractivity contribution in [1.82, 2.24) is 14.8 Å². The highest BCUT2D eigenvalue weighted by atomic mass is 16.5. The first-order valence-electron chi connectivity index (χ1n) is 4.40. The van der Waals surface area contributed by atoms with Crippen LogP contribution in [0.2, 0.25) is 0 Å². The van der Waals surface area contributed by atoms with E-state index < -0.39 is 0 Å². The van der Waals surface area contributed by atoms with E-state index in [4.69, 9.17) is 4.74 Å². The number of hydrogen-bond acceptors (Lipinski definition) is 3. The van der Waals surface area contributed by atoms with E-state index in [1.165, 1.54) is 0 Å². The molecule has 0 spiro atoms. The van der Waals surface area contributed by atoms with E-state index in [-0.39, 0.29) is 0 Å². The molecule has 0 aromatic carbocycles. The normalized spacial score (nSPS) is 17.1. The third kappa shape index (κ3) is 1.22. The summed E-state index contributed by atoms with van der Waals surface area (Å²) in [7, 11) is 0. The molecule has 0 amide bonds. The summed E-state index contributed by atoms with van der Waals surface area (Å²) in [6, 6.07) is 0. The molecular weight excluding hydrogens is 154 g/mol. The number of ether oxygens (including phenoxy) is 1. The van der Waals surface area contributed by atoms with Crippen molar-refractivity contribution in [2.45, 2.75) is 26.3 Å². The van der Waals surface area contributed by atoms with Gasteiger partial charge in [0.05, 0.1) is 13.2 Å². The molecule has 1 aromatic rings. The molecule has 0 unspecified atom stereocenters. The number of hydrogen-bond donors (Lipinski definition) is 0. The molecule has 4 nitrogen and oxygen atoms in total. The van der Waals surface area contributed by atoms with Crippen LogP contribution in [0.5, 0.6) is 0 Å². The second-order valence-corrected chi connectivity index (χ2v) is 2.90. The Kier molecular flexibility index (Phi) is 2.08. The topological polar surface area (TPSA) is 39.9 Å². The number of nitrogens with zero attached hydrogens (tertiary/aromatic N) is 3. The van der Waals surface area contributed by atoms with Crippen molar-refractivity contribution in [2.24, 2.45) is 0 Å². The van der Waals surface area contributed by atoms with Crippen LogP contribution in [0.1, 0.15) is 18.6 Å². The summed E-state index contributed by atoms with van der Waals surface area (Å²) in [5.41, 5.74) is 0. The molecule has 0 aliphatic carbocycles. The molecule has 2 rings (SSSR count). The Morgan fingerprint density at radius 1 is 1.42 bits per heavy atom. The predicted octanol–water partition coefficient (Wildman–Crippen LogP) is 0.413. The van der Waals surface area contributed by atoms with Crippen molar-refractivity contribution in [2.75, 3.05) is 13.2 Å². The van der Waals surface area contributed by atoms with Crippen LogP contribution in [0.3, 0.4) is 0 Å². The highest BCUT2D eigenvalue weighted by molar-refractivity contribution is 4.97. The van der Waals surface area contributed by atoms with Crippen LogP contribution in [-0.2, 0) is 24.1 Å². The lowest BCUT2D eigenvalue weighted by Crippen LogP contribution is -2.07. The summed E-state index contributed by atoms with van der Waals surface area (Å²) in [6.45, 7) is 4.58. The fraction of sp³-hybridized carbons (Fsp3) is 0.750. The monoisotopic (exact) mass is 167 g/mol. The Bertz CT molecular complexity index is 269. The van der Waals surface area contributed by atoms with Crippen molar-refractivity contribution >= 4 is 0 Å². The van der Waals surface area contributed by atoms with E-state index in [0.29, 0.717) is 0 Å². The standard InChI is InChI=1S/C8H13N3O/c1-2-7-9-10-8-3-5-12-6-4-11(7)8/h2-6H2,1H3. The maximum absolute atomic E-state index is 5.35. The van der Waals surface area contributed by atoms with Crippen molar-refractivity contribution in [3.8, 4) is 0 Å². The van der Waals surface area contributed by atoms with Gasteiger partial charge in [-0.2, -0.15) is 0 Å². The first-order valence-corrected chi connectivity index (χ1v) is 4.40. The predicted molar refractivity (Wildman–Crippen MR) is 43.9 cm³/mol. The van der Waals surface area contributed by atoms with Crippen LogP contribution >= 0.6 is 0 Å². The minimum absolute atomic E-state index is 0.780. The third-order valence-electron chi connectivity index (χ3n) is 2.15. The Morgan fingerprint density at radius 2 is 2.33 bits per heavy atom. The molecule has 0 saturated heterocycles. The Hall–Kier alpha value is -0.900. The second-order valence-electron chi connectivity index (χ2n) is 2.90. The largest absolute Gasteiger partial charge is 0.379 e. The van der Waals surface area contributed by atoms with Gasteiger partial charge < -0.3 is 9.30 Å². The fourth-order valence-corrected chi connectivity index (χ4v) is 1.50. The van der Waals surface area contributed by atoms with Crippen LogP contribution in [0.15, 0.2) is 0 Å². The van der Waals surface area contributed by atoms with Gasteiger partial charge in [-0.05, 0) is 0 Å². The molecule has 1 aliphatic rings. The molecule has 12 heavy (non-hydrogen) atoms. The molecule has 1 aromatic heterocycles. The number of aryl methyl sites for hydroxylation is 1. The van der Waals surface area contributed by atoms with Gasteiger partial charge in [0.15, 0.2) is 0 Å². The zero-order valence-corrected chi connectivity index (χ0v) is 7.29. The Labute approximate surface area is 71.6 Å². The number of fused-ring (bicyclic) bond motifs is 1. The smallest absolute Gasteiger partial charge is 0.135 e.